The van der Waals surface area contributed by atoms with E-state index in [9.17, 15) is 23.1 Å². The molecule has 1 saturated heterocycles. The van der Waals surface area contributed by atoms with Crippen LogP contribution < -0.4 is 5.32 Å². The van der Waals surface area contributed by atoms with Crippen molar-refractivity contribution in [3.8, 4) is 0 Å². The fraction of sp³-hybridized carbons (Fsp3) is 0.538. The van der Waals surface area contributed by atoms with Gasteiger partial charge in [-0.3, -0.25) is 4.79 Å². The predicted molar refractivity (Wildman–Crippen MR) is 91.0 cm³/mol. The molecule has 1 fully saturated rings. The molecular weight excluding hydrogens is 376 g/mol. The lowest BCUT2D eigenvalue weighted by atomic mass is 10.1. The van der Waals surface area contributed by atoms with Crippen molar-refractivity contribution in [1.29, 1.82) is 0 Å². The quantitative estimate of drug-likeness (QED) is 0.623. The maximum absolute atomic E-state index is 12.7. The molecule has 1 atom stereocenters. The average Bonchev–Trinajstić information content (AvgIpc) is 3.04. The number of thiophene rings is 1. The maximum atomic E-state index is 12.7. The molecule has 0 bridgehead atoms. The number of nitrogens with one attached hydrogen (secondary N) is 1. The first-order chi connectivity index (χ1) is 11.2. The van der Waals surface area contributed by atoms with Gasteiger partial charge in [-0.2, -0.15) is 16.1 Å². The number of carbonyl (C=O) groups excluding carboxylic acids is 1. The van der Waals surface area contributed by atoms with Gasteiger partial charge in [0, 0.05) is 24.6 Å². The Morgan fingerprint density at radius 3 is 2.58 bits per heavy atom. The van der Waals surface area contributed by atoms with Gasteiger partial charge in [0.05, 0.1) is 6.54 Å². The summed E-state index contributed by atoms with van der Waals surface area (Å²) in [6.07, 6.45) is 0. The van der Waals surface area contributed by atoms with E-state index in [-0.39, 0.29) is 9.77 Å². The highest BCUT2D eigenvalue weighted by molar-refractivity contribution is 7.99. The first kappa shape index (κ1) is 19.2. The van der Waals surface area contributed by atoms with Crippen molar-refractivity contribution >= 4 is 45.0 Å². The molecule has 1 aliphatic rings. The Bertz CT molecular complexity index is 722. The number of sulfonamides is 1. The number of carbonyl (C=O) groups is 2. The minimum Gasteiger partial charge on any atom is -0.479 e. The third-order valence-corrected chi connectivity index (χ3v) is 7.40. The molecule has 1 aromatic rings. The second kappa shape index (κ2) is 7.40. The summed E-state index contributed by atoms with van der Waals surface area (Å²) in [6.45, 7) is 1.29. The predicted octanol–water partition coefficient (Wildman–Crippen LogP) is 0.0510. The molecule has 3 N–H and O–H groups in total. The molecule has 8 nitrogen and oxygen atoms in total. The topological polar surface area (TPSA) is 124 Å². The van der Waals surface area contributed by atoms with E-state index in [2.05, 4.69) is 5.32 Å². The number of rotatable bonds is 6. The Balaban J connectivity index is 2.17. The first-order valence-electron chi connectivity index (χ1n) is 7.05. The van der Waals surface area contributed by atoms with Crippen LogP contribution in [0.3, 0.4) is 0 Å². The highest BCUT2D eigenvalue weighted by Gasteiger charge is 2.33. The van der Waals surface area contributed by atoms with Crippen LogP contribution in [0.25, 0.3) is 0 Å². The fourth-order valence-electron chi connectivity index (χ4n) is 2.00. The van der Waals surface area contributed by atoms with E-state index < -0.39 is 34.0 Å². The molecule has 2 heterocycles. The maximum Gasteiger partial charge on any atom is 0.337 e. The van der Waals surface area contributed by atoms with Gasteiger partial charge in [-0.15, -0.1) is 11.3 Å². The standard InChI is InChI=1S/C13H18N2O6S3/c1-13(19,12(17)18)8-14-11(16)10-9(2-5-23-10)24(20,21)15-3-6-22-7-4-15/h2,5,19H,3-4,6-8H2,1H3,(H,14,16)(H,17,18). The van der Waals surface area contributed by atoms with E-state index in [1.165, 1.54) is 15.8 Å². The summed E-state index contributed by atoms with van der Waals surface area (Å²) >= 11 is 2.63. The highest BCUT2D eigenvalue weighted by atomic mass is 32.2. The van der Waals surface area contributed by atoms with Crippen molar-refractivity contribution in [2.45, 2.75) is 17.4 Å². The lowest BCUT2D eigenvalue weighted by Gasteiger charge is -2.25. The second-order valence-electron chi connectivity index (χ2n) is 5.39. The van der Waals surface area contributed by atoms with Gasteiger partial charge in [-0.25, -0.2) is 13.2 Å². The van der Waals surface area contributed by atoms with Crippen molar-refractivity contribution < 1.29 is 28.2 Å². The Kier molecular flexibility index (Phi) is 5.91. The number of thioether (sulfide) groups is 1. The van der Waals surface area contributed by atoms with Crippen LogP contribution in [-0.4, -0.2) is 71.6 Å². The summed E-state index contributed by atoms with van der Waals surface area (Å²) in [5.41, 5.74) is -2.13. The highest BCUT2D eigenvalue weighted by Crippen LogP contribution is 2.27. The van der Waals surface area contributed by atoms with E-state index in [1.807, 2.05) is 0 Å². The second-order valence-corrected chi connectivity index (χ2v) is 9.44. The van der Waals surface area contributed by atoms with Crippen molar-refractivity contribution in [3.05, 3.63) is 16.3 Å². The van der Waals surface area contributed by atoms with Crippen LogP contribution in [-0.2, 0) is 14.8 Å². The van der Waals surface area contributed by atoms with Gasteiger partial charge in [0.25, 0.3) is 5.91 Å². The molecule has 1 aromatic heterocycles. The van der Waals surface area contributed by atoms with Gasteiger partial charge in [0.15, 0.2) is 5.60 Å². The zero-order valence-corrected chi connectivity index (χ0v) is 15.3. The molecule has 1 unspecified atom stereocenters. The number of nitrogens with zero attached hydrogens (tertiary/aromatic N) is 1. The summed E-state index contributed by atoms with van der Waals surface area (Å²) < 4.78 is 26.7. The Morgan fingerprint density at radius 2 is 2.00 bits per heavy atom. The lowest BCUT2D eigenvalue weighted by molar-refractivity contribution is -0.155. The van der Waals surface area contributed by atoms with Crippen molar-refractivity contribution in [1.82, 2.24) is 9.62 Å². The van der Waals surface area contributed by atoms with Crippen LogP contribution in [0.5, 0.6) is 0 Å². The summed E-state index contributed by atoms with van der Waals surface area (Å²) in [7, 11) is -3.77. The van der Waals surface area contributed by atoms with E-state index in [1.54, 1.807) is 11.8 Å². The molecule has 1 amide bonds. The Morgan fingerprint density at radius 1 is 1.38 bits per heavy atom. The summed E-state index contributed by atoms with van der Waals surface area (Å²) in [6, 6.07) is 1.37. The smallest absolute Gasteiger partial charge is 0.337 e. The number of amides is 1. The summed E-state index contributed by atoms with van der Waals surface area (Å²) in [4.78, 5) is 23.0. The monoisotopic (exact) mass is 394 g/mol. The average molecular weight is 394 g/mol. The van der Waals surface area contributed by atoms with Crippen LogP contribution >= 0.6 is 23.1 Å². The molecule has 0 saturated carbocycles. The minimum atomic E-state index is -3.77. The molecular formula is C13H18N2O6S3. The summed E-state index contributed by atoms with van der Waals surface area (Å²) in [5, 5.41) is 22.2. The molecule has 1 aliphatic heterocycles. The molecule has 11 heteroatoms. The number of carboxylic acids is 1. The number of carboxylic acid groups (broad SMARTS) is 1. The Labute approximate surface area is 147 Å². The van der Waals surface area contributed by atoms with Crippen LogP contribution in [0.15, 0.2) is 16.3 Å². The van der Waals surface area contributed by atoms with Gasteiger partial charge >= 0.3 is 5.97 Å². The van der Waals surface area contributed by atoms with Gasteiger partial charge in [-0.1, -0.05) is 0 Å². The molecule has 0 aromatic carbocycles. The van der Waals surface area contributed by atoms with Crippen molar-refractivity contribution in [2.75, 3.05) is 31.1 Å². The van der Waals surface area contributed by atoms with E-state index in [0.717, 1.165) is 18.3 Å². The number of aliphatic carboxylic acids is 1. The number of hydrogen-bond donors (Lipinski definition) is 3. The lowest BCUT2D eigenvalue weighted by Crippen LogP contribution is -2.46. The van der Waals surface area contributed by atoms with E-state index in [4.69, 9.17) is 5.11 Å². The molecule has 0 radical (unpaired) electrons. The Hall–Kier alpha value is -1.14. The molecule has 2 rings (SSSR count). The third-order valence-electron chi connectivity index (χ3n) is 3.48. The van der Waals surface area contributed by atoms with Crippen molar-refractivity contribution in [3.63, 3.8) is 0 Å². The van der Waals surface area contributed by atoms with E-state index in [0.29, 0.717) is 24.6 Å². The van der Waals surface area contributed by atoms with Gasteiger partial charge in [-0.05, 0) is 18.4 Å². The number of aliphatic hydroxyl groups is 1. The normalized spacial score (nSPS) is 18.8. The minimum absolute atomic E-state index is 0.0191. The largest absolute Gasteiger partial charge is 0.479 e. The SMILES string of the molecule is CC(O)(CNC(=O)c1sccc1S(=O)(=O)N1CCSCC1)C(=O)O. The van der Waals surface area contributed by atoms with E-state index >= 15 is 0 Å². The zero-order chi connectivity index (χ0) is 18.0. The molecule has 24 heavy (non-hydrogen) atoms. The number of hydrogen-bond acceptors (Lipinski definition) is 7. The van der Waals surface area contributed by atoms with Gasteiger partial charge < -0.3 is 15.5 Å². The zero-order valence-electron chi connectivity index (χ0n) is 12.9. The molecule has 0 aliphatic carbocycles. The van der Waals surface area contributed by atoms with Gasteiger partial charge in [0.2, 0.25) is 10.0 Å². The van der Waals surface area contributed by atoms with Crippen LogP contribution in [0, 0.1) is 0 Å². The fourth-order valence-corrected chi connectivity index (χ4v) is 5.89. The van der Waals surface area contributed by atoms with Crippen LogP contribution in [0.2, 0.25) is 0 Å². The first-order valence-corrected chi connectivity index (χ1v) is 10.5. The molecule has 134 valence electrons. The van der Waals surface area contributed by atoms with Crippen molar-refractivity contribution in [2.24, 2.45) is 0 Å². The van der Waals surface area contributed by atoms with Crippen LogP contribution in [0.1, 0.15) is 16.6 Å². The molecule has 0 spiro atoms. The van der Waals surface area contributed by atoms with Gasteiger partial charge in [0.1, 0.15) is 9.77 Å². The summed E-state index contributed by atoms with van der Waals surface area (Å²) in [5.74, 6) is -0.803. The van der Waals surface area contributed by atoms with Crippen LogP contribution in [0.4, 0.5) is 0 Å². The third kappa shape index (κ3) is 4.09.